The third-order valence-electron chi connectivity index (χ3n) is 7.04. The van der Waals surface area contributed by atoms with E-state index in [4.69, 9.17) is 20.8 Å². The highest BCUT2D eigenvalue weighted by molar-refractivity contribution is 6.30. The lowest BCUT2D eigenvalue weighted by Crippen LogP contribution is -2.35. The summed E-state index contributed by atoms with van der Waals surface area (Å²) in [6.45, 7) is 0.702. The number of carbonyl (C=O) groups excluding carboxylic acids is 4. The number of likely N-dealkylation sites (N-methyl/N-ethyl adjacent to an activating group) is 1. The second kappa shape index (κ2) is 13.1. The van der Waals surface area contributed by atoms with E-state index in [0.29, 0.717) is 43.9 Å². The minimum Gasteiger partial charge on any atom is -0.447 e. The van der Waals surface area contributed by atoms with Gasteiger partial charge in [0.05, 0.1) is 11.6 Å². The van der Waals surface area contributed by atoms with Gasteiger partial charge in [0.2, 0.25) is 17.6 Å². The Morgan fingerprint density at radius 1 is 1.02 bits per heavy atom. The SMILES string of the molecule is COCCN(C)C(=O)c1ccc2oc(C(=O)Nc3ccc(Cl)cn3)c(NC(=O)C3CCC(C(=O)N(C)C)CC3)c2n1. The summed E-state index contributed by atoms with van der Waals surface area (Å²) < 4.78 is 10.9. The number of anilines is 2. The summed E-state index contributed by atoms with van der Waals surface area (Å²) in [6.07, 6.45) is 3.59. The highest BCUT2D eigenvalue weighted by Crippen LogP contribution is 2.34. The fourth-order valence-electron chi connectivity index (χ4n) is 4.71. The molecular formula is C28H33ClN6O6. The Labute approximate surface area is 242 Å². The van der Waals surface area contributed by atoms with Gasteiger partial charge in [-0.3, -0.25) is 19.2 Å². The van der Waals surface area contributed by atoms with Crippen molar-refractivity contribution in [2.24, 2.45) is 11.8 Å². The highest BCUT2D eigenvalue weighted by atomic mass is 35.5. The third-order valence-corrected chi connectivity index (χ3v) is 7.27. The zero-order chi connectivity index (χ0) is 29.7. The average Bonchev–Trinajstić information content (AvgIpc) is 3.33. The zero-order valence-electron chi connectivity index (χ0n) is 23.4. The Morgan fingerprint density at radius 2 is 1.73 bits per heavy atom. The van der Waals surface area contributed by atoms with Crippen LogP contribution in [0.25, 0.3) is 11.1 Å². The van der Waals surface area contributed by atoms with E-state index in [9.17, 15) is 19.2 Å². The van der Waals surface area contributed by atoms with E-state index in [-0.39, 0.29) is 63.6 Å². The van der Waals surface area contributed by atoms with Gasteiger partial charge in [-0.2, -0.15) is 0 Å². The Bertz CT molecular complexity index is 1430. The number of carbonyl (C=O) groups is 4. The quantitative estimate of drug-likeness (QED) is 0.387. The molecule has 3 heterocycles. The Hall–Kier alpha value is -4.03. The van der Waals surface area contributed by atoms with Crippen LogP contribution in [0.2, 0.25) is 5.02 Å². The highest BCUT2D eigenvalue weighted by Gasteiger charge is 2.33. The van der Waals surface area contributed by atoms with Crippen LogP contribution in [0.4, 0.5) is 11.5 Å². The van der Waals surface area contributed by atoms with E-state index in [2.05, 4.69) is 20.6 Å². The molecular weight excluding hydrogens is 552 g/mol. The predicted octanol–water partition coefficient (Wildman–Crippen LogP) is 3.68. The second-order valence-corrected chi connectivity index (χ2v) is 10.6. The lowest BCUT2D eigenvalue weighted by molar-refractivity contribution is -0.135. The van der Waals surface area contributed by atoms with Gasteiger partial charge in [-0.05, 0) is 49.9 Å². The fraction of sp³-hybridized carbons (Fsp3) is 0.429. The minimum atomic E-state index is -0.668. The molecule has 0 aliphatic heterocycles. The lowest BCUT2D eigenvalue weighted by atomic mass is 9.81. The van der Waals surface area contributed by atoms with Crippen molar-refractivity contribution in [2.75, 3.05) is 52.0 Å². The van der Waals surface area contributed by atoms with Gasteiger partial charge in [-0.15, -0.1) is 0 Å². The molecule has 1 aliphatic carbocycles. The molecule has 0 bridgehead atoms. The average molecular weight is 585 g/mol. The van der Waals surface area contributed by atoms with Gasteiger partial charge in [-0.1, -0.05) is 11.6 Å². The van der Waals surface area contributed by atoms with Gasteiger partial charge < -0.3 is 29.6 Å². The van der Waals surface area contributed by atoms with Crippen LogP contribution in [-0.2, 0) is 14.3 Å². The van der Waals surface area contributed by atoms with Crippen molar-refractivity contribution in [2.45, 2.75) is 25.7 Å². The van der Waals surface area contributed by atoms with Crippen molar-refractivity contribution in [3.05, 3.63) is 46.9 Å². The van der Waals surface area contributed by atoms with Crippen molar-refractivity contribution in [1.82, 2.24) is 19.8 Å². The molecule has 0 saturated heterocycles. The first kappa shape index (κ1) is 29.9. The minimum absolute atomic E-state index is 0.0521. The Kier molecular flexibility index (Phi) is 9.56. The molecule has 0 aromatic carbocycles. The molecule has 2 N–H and O–H groups in total. The number of nitrogens with zero attached hydrogens (tertiary/aromatic N) is 4. The molecule has 1 aliphatic rings. The number of amides is 4. The lowest BCUT2D eigenvalue weighted by Gasteiger charge is -2.28. The number of halogens is 1. The summed E-state index contributed by atoms with van der Waals surface area (Å²) in [4.78, 5) is 63.6. The van der Waals surface area contributed by atoms with Gasteiger partial charge in [0.1, 0.15) is 22.7 Å². The van der Waals surface area contributed by atoms with Crippen LogP contribution >= 0.6 is 11.6 Å². The van der Waals surface area contributed by atoms with Crippen LogP contribution in [0.15, 0.2) is 34.9 Å². The second-order valence-electron chi connectivity index (χ2n) is 10.2. The summed E-state index contributed by atoms with van der Waals surface area (Å²) >= 11 is 5.90. The number of hydrogen-bond donors (Lipinski definition) is 2. The van der Waals surface area contributed by atoms with Gasteiger partial charge in [0.15, 0.2) is 5.58 Å². The maximum Gasteiger partial charge on any atom is 0.294 e. The first-order valence-electron chi connectivity index (χ1n) is 13.2. The first-order valence-corrected chi connectivity index (χ1v) is 13.6. The molecule has 4 amide bonds. The number of ether oxygens (including phenoxy) is 1. The summed E-state index contributed by atoms with van der Waals surface area (Å²) in [5.41, 5.74) is 0.541. The summed E-state index contributed by atoms with van der Waals surface area (Å²) in [7, 11) is 6.61. The van der Waals surface area contributed by atoms with Crippen LogP contribution in [0.3, 0.4) is 0 Å². The molecule has 41 heavy (non-hydrogen) atoms. The smallest absolute Gasteiger partial charge is 0.294 e. The summed E-state index contributed by atoms with van der Waals surface area (Å²) in [6, 6.07) is 6.13. The number of hydrogen-bond acceptors (Lipinski definition) is 8. The molecule has 0 spiro atoms. The molecule has 1 fully saturated rings. The van der Waals surface area contributed by atoms with Gasteiger partial charge >= 0.3 is 0 Å². The molecule has 12 nitrogen and oxygen atoms in total. The topological polar surface area (TPSA) is 147 Å². The predicted molar refractivity (Wildman–Crippen MR) is 153 cm³/mol. The summed E-state index contributed by atoms with van der Waals surface area (Å²) in [5, 5.41) is 5.87. The molecule has 13 heteroatoms. The number of pyridine rings is 2. The van der Waals surface area contributed by atoms with Crippen LogP contribution < -0.4 is 10.6 Å². The van der Waals surface area contributed by atoms with E-state index in [1.54, 1.807) is 39.2 Å². The van der Waals surface area contributed by atoms with Crippen molar-refractivity contribution >= 4 is 57.8 Å². The van der Waals surface area contributed by atoms with E-state index < -0.39 is 5.91 Å². The largest absolute Gasteiger partial charge is 0.447 e. The summed E-state index contributed by atoms with van der Waals surface area (Å²) in [5.74, 6) is -1.75. The Balaban J connectivity index is 1.63. The van der Waals surface area contributed by atoms with Gasteiger partial charge in [0, 0.05) is 52.8 Å². The number of aromatic nitrogens is 2. The molecule has 0 unspecified atom stereocenters. The van der Waals surface area contributed by atoms with E-state index in [1.807, 2.05) is 0 Å². The van der Waals surface area contributed by atoms with Crippen molar-refractivity contribution in [1.29, 1.82) is 0 Å². The molecule has 3 aromatic rings. The third kappa shape index (κ3) is 7.01. The number of nitrogens with one attached hydrogen (secondary N) is 2. The van der Waals surface area contributed by atoms with Crippen LogP contribution in [-0.4, -0.2) is 84.8 Å². The fourth-order valence-corrected chi connectivity index (χ4v) is 4.82. The van der Waals surface area contributed by atoms with Crippen molar-refractivity contribution < 1.29 is 28.3 Å². The number of methoxy groups -OCH3 is 1. The maximum atomic E-state index is 13.4. The molecule has 0 radical (unpaired) electrons. The molecule has 4 rings (SSSR count). The normalized spacial score (nSPS) is 16.7. The monoisotopic (exact) mass is 584 g/mol. The maximum absolute atomic E-state index is 13.4. The van der Waals surface area contributed by atoms with Crippen LogP contribution in [0, 0.1) is 11.8 Å². The molecule has 0 atom stereocenters. The standard InChI is InChI=1S/C28H33ClN6O6/c1-34(2)27(38)17-7-5-16(6-8-17)25(36)33-23-22-20(11-10-19(31-22)28(39)35(3)13-14-40-4)41-24(23)26(37)32-21-12-9-18(29)15-30-21/h9-12,15-17H,5-8,13-14H2,1-4H3,(H,33,36)(H,30,32,37). The van der Waals surface area contributed by atoms with Gasteiger partial charge in [0.25, 0.3) is 11.8 Å². The molecule has 3 aromatic heterocycles. The van der Waals surface area contributed by atoms with Crippen LogP contribution in [0.5, 0.6) is 0 Å². The van der Waals surface area contributed by atoms with E-state index in [1.165, 1.54) is 29.3 Å². The van der Waals surface area contributed by atoms with Gasteiger partial charge in [-0.25, -0.2) is 9.97 Å². The molecule has 218 valence electrons. The van der Waals surface area contributed by atoms with Crippen molar-refractivity contribution in [3.8, 4) is 0 Å². The first-order chi connectivity index (χ1) is 19.6. The number of furan rings is 1. The number of rotatable bonds is 9. The molecule has 1 saturated carbocycles. The van der Waals surface area contributed by atoms with E-state index >= 15 is 0 Å². The Morgan fingerprint density at radius 3 is 2.37 bits per heavy atom. The zero-order valence-corrected chi connectivity index (χ0v) is 24.2. The van der Waals surface area contributed by atoms with Crippen LogP contribution in [0.1, 0.15) is 46.7 Å². The number of fused-ring (bicyclic) bond motifs is 1. The van der Waals surface area contributed by atoms with Crippen molar-refractivity contribution in [3.63, 3.8) is 0 Å². The van der Waals surface area contributed by atoms with E-state index in [0.717, 1.165) is 0 Å².